The first kappa shape index (κ1) is 92.0. The molecule has 118 heavy (non-hydrogen) atoms. The minimum Gasteiger partial charge on any atom is -0.0622 e. The number of alkyl halides is 3. The largest absolute Gasteiger partial charge is 0.0622 e. The van der Waals surface area contributed by atoms with Gasteiger partial charge < -0.3 is 23.7 Å². The molecule has 9 nitrogen and oxygen atoms in total. The van der Waals surface area contributed by atoms with E-state index in [0.29, 0.717) is 29.6 Å². The van der Waals surface area contributed by atoms with Gasteiger partial charge in [-0.3, -0.25) is 9.59 Å². The molecule has 0 aliphatic heterocycles. The molecule has 8 aliphatic carbocycles. The van der Waals surface area contributed by atoms with Gasteiger partial charge in [-0.15, -0.1) is 0 Å². The van der Waals surface area contributed by atoms with Gasteiger partial charge in [0.25, 0.3) is 0 Å². The van der Waals surface area contributed by atoms with Crippen molar-refractivity contribution in [3.05, 3.63) is 288 Å². The number of fused-ring (bicyclic) bond motifs is 10. The van der Waals surface area contributed by atoms with Gasteiger partial charge in [0.15, 0.2) is 0 Å². The van der Waals surface area contributed by atoms with E-state index in [9.17, 15) is 31.2 Å². The standard InChI is InChI=1S/C31H42O2.C22H29F3O5S.2C18H15P.C10H15BO2.2ClH.Pd/c1-20(32)33-24-15-17-30(5)23(19-24)11-12-25-27-14-13-26(31(27,6)18-16-28(25)30)21-7-9-22(10-8-21)29(2,3)4;1-13(26)29-15-8-10-20(2)14(12-15)4-5-16-17-6-7-19(21(17,3)11-9-18(16)20)30-31(27,28)22(23,24)25;2*1-4-10-16(11-5-1)19(17-12-6-2-7-13-17)18-14-8-3-9-15-18;1-10(2,3)8-4-6-9(7-5-8)11(12)13;;;/h7-11,13,24-25,27-28H,12,14-19H2,1-6H3;4,7,15-18H,5-6,8-12H2,1-3H3;2*1-15H;4-7,12-13H,1-3H3;2*1H;/q;;;;;;;+2/p-2/t24-,25-,27-,28-,30-,31+;15-,16-,17-,18-,20-,21-;;;;;;/m00....../s1. The van der Waals surface area contributed by atoms with Gasteiger partial charge in [0.2, 0.25) is 0 Å². The molecule has 0 radical (unpaired) electrons. The van der Waals surface area contributed by atoms with Crippen molar-refractivity contribution in [2.45, 2.75) is 202 Å². The zero-order valence-corrected chi connectivity index (χ0v) is 75.8. The van der Waals surface area contributed by atoms with Crippen LogP contribution in [0, 0.1) is 57.2 Å². The third-order valence-electron chi connectivity index (χ3n) is 26.6. The Bertz CT molecular complexity index is 4580. The van der Waals surface area contributed by atoms with Crippen LogP contribution in [0.25, 0.3) is 5.57 Å². The predicted molar refractivity (Wildman–Crippen MR) is 480 cm³/mol. The Morgan fingerprint density at radius 2 is 0.754 bits per heavy atom. The van der Waals surface area contributed by atoms with Gasteiger partial charge in [0.05, 0.1) is 0 Å². The van der Waals surface area contributed by atoms with Crippen molar-refractivity contribution in [2.24, 2.45) is 57.2 Å². The Kier molecular flexibility index (Phi) is 30.9. The van der Waals surface area contributed by atoms with Gasteiger partial charge in [-0.25, -0.2) is 0 Å². The molecule has 19 heteroatoms. The molecular weight excluding hydrogens is 1670 g/mol. The number of hydrogen-bond donors (Lipinski definition) is 2. The number of hydrogen-bond acceptors (Lipinski definition) is 9. The summed E-state index contributed by atoms with van der Waals surface area (Å²) in [5.74, 6) is 2.50. The summed E-state index contributed by atoms with van der Waals surface area (Å²) >= 11 is -0.106. The first-order valence-corrected chi connectivity index (χ1v) is 49.6. The third kappa shape index (κ3) is 21.7. The number of carbonyl (C=O) groups is 2. The van der Waals surface area contributed by atoms with Crippen molar-refractivity contribution in [2.75, 3.05) is 0 Å². The molecule has 4 fully saturated rings. The van der Waals surface area contributed by atoms with Crippen LogP contribution in [0.1, 0.15) is 190 Å². The van der Waals surface area contributed by atoms with Crippen molar-refractivity contribution in [1.29, 1.82) is 0 Å². The fraction of sp³-hybridized carbons (Fsp3) is 0.414. The van der Waals surface area contributed by atoms with Gasteiger partial charge in [-0.1, -0.05) is 329 Å². The summed E-state index contributed by atoms with van der Waals surface area (Å²) < 4.78 is 77.5. The van der Waals surface area contributed by atoms with Crippen molar-refractivity contribution in [3.8, 4) is 0 Å². The van der Waals surface area contributed by atoms with E-state index in [2.05, 4.69) is 291 Å². The van der Waals surface area contributed by atoms with Gasteiger partial charge in [0, 0.05) is 32.1 Å². The topological polar surface area (TPSA) is 136 Å². The molecule has 0 spiro atoms. The second-order valence-corrected chi connectivity index (χ2v) is 44.2. The van der Waals surface area contributed by atoms with Gasteiger partial charge in [-0.2, -0.15) is 21.6 Å². The van der Waals surface area contributed by atoms with Crippen LogP contribution < -0.4 is 37.3 Å². The molecule has 0 bridgehead atoms. The van der Waals surface area contributed by atoms with E-state index in [1.54, 1.807) is 36.3 Å². The van der Waals surface area contributed by atoms with Crippen molar-refractivity contribution in [3.63, 3.8) is 0 Å². The summed E-state index contributed by atoms with van der Waals surface area (Å²) in [5.41, 5.74) is 3.79. The maximum absolute atomic E-state index is 12.9. The average molecular weight is 1790 g/mol. The van der Waals surface area contributed by atoms with E-state index in [-0.39, 0.29) is 79.3 Å². The molecule has 2 N–H and O–H groups in total. The van der Waals surface area contributed by atoms with Crippen molar-refractivity contribution in [1.82, 2.24) is 0 Å². The Labute approximate surface area is 719 Å². The van der Waals surface area contributed by atoms with Crippen LogP contribution >= 0.6 is 34.9 Å². The zero-order valence-electron chi connectivity index (χ0n) is 70.1. The van der Waals surface area contributed by atoms with Gasteiger partial charge in [-0.05, 0) is 221 Å². The Morgan fingerprint density at radius 3 is 1.08 bits per heavy atom. The Balaban J connectivity index is 0.000000148. The number of rotatable bonds is 12. The van der Waals surface area contributed by atoms with E-state index in [1.165, 1.54) is 86.7 Å². The maximum atomic E-state index is 12.9. The van der Waals surface area contributed by atoms with E-state index in [0.717, 1.165) is 69.1 Å². The van der Waals surface area contributed by atoms with Crippen LogP contribution in [0.3, 0.4) is 0 Å². The average Bonchev–Trinajstić information content (AvgIpc) is 1.46. The summed E-state index contributed by atoms with van der Waals surface area (Å²) in [4.78, 5) is 22.9. The molecule has 12 atom stereocenters. The number of halogens is 5. The van der Waals surface area contributed by atoms with E-state index in [1.807, 2.05) is 19.1 Å². The second-order valence-electron chi connectivity index (χ2n) is 35.8. The van der Waals surface area contributed by atoms with Crippen LogP contribution in [0.5, 0.6) is 0 Å². The van der Waals surface area contributed by atoms with Crippen molar-refractivity contribution >= 4 is 107 Å². The fourth-order valence-corrected chi connectivity index (χ4v) is 25.6. The molecule has 4 saturated carbocycles. The monoisotopic (exact) mass is 1790 g/mol. The Hall–Kier alpha value is -6.71. The van der Waals surface area contributed by atoms with Gasteiger partial charge >= 0.3 is 69.7 Å². The van der Waals surface area contributed by atoms with Crippen LogP contribution in [0.15, 0.2) is 272 Å². The molecular formula is C99H116BCl2F3O9P2PdS. The molecule has 0 saturated heterocycles. The van der Waals surface area contributed by atoms with Crippen molar-refractivity contribution < 1.29 is 70.8 Å². The predicted octanol–water partition coefficient (Wildman–Crippen LogP) is 22.0. The molecule has 0 unspecified atom stereocenters. The van der Waals surface area contributed by atoms with Crippen LogP contribution in [-0.2, 0) is 60.1 Å². The third-order valence-corrected chi connectivity index (χ3v) is 32.4. The first-order valence-electron chi connectivity index (χ1n) is 41.5. The SMILES string of the molecule is CC(=O)O[C@H]1CC[C@@]2(C)C(=CC[C@@H]3[C@@H]2CC[C@]2(C)C(OS(=O)(=O)C(F)(F)F)=CC[C@@H]32)C1.CC(=O)O[C@H]1CC[C@@]2(C)C(=CC[C@@H]3[C@@H]2CC[C@]2(C)C(c4ccc(C(C)(C)C)cc4)=CC[C@@H]32)C1.CC(C)(C)c1ccc(B(O)O)cc1.[Cl][Pd][Cl].c1ccc(P(c2ccccc2)c2ccccc2)cc1.c1ccc(P(c2ccccc2)c2ccccc2)cc1. The summed E-state index contributed by atoms with van der Waals surface area (Å²) in [6, 6.07) is 81.4. The quantitative estimate of drug-likeness (QED) is 0.0306. The molecule has 8 aliphatic rings. The first-order chi connectivity index (χ1) is 56.0. The van der Waals surface area contributed by atoms with E-state index >= 15 is 0 Å². The minimum absolute atomic E-state index is 0.0252. The maximum Gasteiger partial charge on any atom is -0.0134 e. The summed E-state index contributed by atoms with van der Waals surface area (Å²) in [6.45, 7) is 25.4. The number of esters is 2. The Morgan fingerprint density at radius 1 is 0.441 bits per heavy atom. The van der Waals surface area contributed by atoms with Crippen LogP contribution in [0.2, 0.25) is 0 Å². The fourth-order valence-electron chi connectivity index (χ4n) is 20.4. The zero-order chi connectivity index (χ0) is 85.0. The molecule has 0 aromatic heterocycles. The summed E-state index contributed by atoms with van der Waals surface area (Å²) in [5, 5.41) is 26.1. The normalized spacial score (nSPS) is 26.0. The van der Waals surface area contributed by atoms with E-state index in [4.69, 9.17) is 38.6 Å². The number of carbonyl (C=O) groups excluding carboxylic acids is 2. The van der Waals surface area contributed by atoms with E-state index < -0.39 is 44.0 Å². The van der Waals surface area contributed by atoms with Crippen LogP contribution in [-0.4, -0.2) is 55.2 Å². The van der Waals surface area contributed by atoms with Crippen LogP contribution in [0.4, 0.5) is 13.2 Å². The molecule has 0 amide bonds. The second kappa shape index (κ2) is 39.6. The van der Waals surface area contributed by atoms with Gasteiger partial charge in [0.1, 0.15) is 18.0 Å². The number of allylic oxidation sites excluding steroid dienone is 6. The molecule has 0 heterocycles. The number of benzene rings is 8. The smallest absolute Gasteiger partial charge is 0.0134 e. The summed E-state index contributed by atoms with van der Waals surface area (Å²) in [6.07, 6.45) is 22.2. The summed E-state index contributed by atoms with van der Waals surface area (Å²) in [7, 11) is 1.70. The minimum atomic E-state index is -5.67. The molecule has 16 rings (SSSR count). The number of ether oxygens (including phenoxy) is 2. The molecule has 8 aromatic rings. The molecule has 630 valence electrons. The molecule has 8 aromatic carbocycles.